The minimum Gasteiger partial charge on any atom is -0.489 e. The van der Waals surface area contributed by atoms with Crippen LogP contribution in [0.15, 0.2) is 78.9 Å². The molecule has 0 bridgehead atoms. The van der Waals surface area contributed by atoms with Crippen molar-refractivity contribution >= 4 is 0 Å². The van der Waals surface area contributed by atoms with Gasteiger partial charge in [0.25, 0.3) is 0 Å². The van der Waals surface area contributed by atoms with Crippen LogP contribution < -0.4 is 4.74 Å². The molecule has 0 N–H and O–H groups in total. The number of hydrogen-bond donors (Lipinski definition) is 0. The zero-order chi connectivity index (χ0) is 27.4. The first-order valence-corrected chi connectivity index (χ1v) is 15.7. The van der Waals surface area contributed by atoms with E-state index in [1.807, 2.05) is 0 Å². The molecule has 3 nitrogen and oxygen atoms in total. The van der Waals surface area contributed by atoms with Crippen molar-refractivity contribution in [3.63, 3.8) is 0 Å². The molecule has 0 radical (unpaired) electrons. The molecule has 6 rings (SSSR count). The predicted octanol–water partition coefficient (Wildman–Crippen LogP) is 8.75. The quantitative estimate of drug-likeness (QED) is 0.228. The Morgan fingerprint density at radius 3 is 2.33 bits per heavy atom. The normalized spacial score (nSPS) is 28.9. The molecule has 212 valence electrons. The molecule has 2 saturated carbocycles. The van der Waals surface area contributed by atoms with Gasteiger partial charge in [-0.3, -0.25) is 0 Å². The number of ether oxygens (including phenoxy) is 3. The average Bonchev–Trinajstić information content (AvgIpc) is 3.33. The Labute approximate surface area is 241 Å². The summed E-state index contributed by atoms with van der Waals surface area (Å²) < 4.78 is 19.0. The van der Waals surface area contributed by atoms with E-state index < -0.39 is 0 Å². The van der Waals surface area contributed by atoms with Crippen LogP contribution in [-0.2, 0) is 29.1 Å². The third-order valence-electron chi connectivity index (χ3n) is 10.3. The molecule has 3 aliphatic rings. The highest BCUT2D eigenvalue weighted by Crippen LogP contribution is 2.64. The van der Waals surface area contributed by atoms with Crippen LogP contribution in [0.25, 0.3) is 0 Å². The van der Waals surface area contributed by atoms with Crippen LogP contribution in [0.2, 0.25) is 0 Å². The molecule has 3 aromatic rings. The lowest BCUT2D eigenvalue weighted by atomic mass is 9.51. The van der Waals surface area contributed by atoms with Crippen LogP contribution >= 0.6 is 0 Å². The highest BCUT2D eigenvalue weighted by atomic mass is 16.5. The van der Waals surface area contributed by atoms with Crippen molar-refractivity contribution < 1.29 is 14.2 Å². The topological polar surface area (TPSA) is 27.7 Å². The first kappa shape index (κ1) is 27.5. The van der Waals surface area contributed by atoms with Gasteiger partial charge in [-0.2, -0.15) is 0 Å². The van der Waals surface area contributed by atoms with Crippen LogP contribution in [0, 0.1) is 23.2 Å². The predicted molar refractivity (Wildman–Crippen MR) is 161 cm³/mol. The van der Waals surface area contributed by atoms with Gasteiger partial charge in [-0.15, -0.1) is 0 Å². The number of aryl methyl sites for hydroxylation is 1. The Balaban J connectivity index is 1.22. The molecule has 3 aromatic carbocycles. The van der Waals surface area contributed by atoms with Gasteiger partial charge in [0.2, 0.25) is 0 Å². The second-order valence-corrected chi connectivity index (χ2v) is 12.7. The molecular weight excluding hydrogens is 492 g/mol. The SMILES string of the molecule is CCCOCC[C@H]1C[C@]2(C)C(OCc3ccccc3)CC[C@H]2[C@@H]2CCc3cc(OCc4ccccc4)ccc3[C@@H]12. The van der Waals surface area contributed by atoms with E-state index in [-0.39, 0.29) is 5.41 Å². The van der Waals surface area contributed by atoms with Crippen molar-refractivity contribution in [2.45, 2.75) is 84.0 Å². The monoisotopic (exact) mass is 538 g/mol. The minimum absolute atomic E-state index is 0.238. The van der Waals surface area contributed by atoms with E-state index in [4.69, 9.17) is 14.2 Å². The van der Waals surface area contributed by atoms with Gasteiger partial charge in [0.05, 0.1) is 12.7 Å². The first-order chi connectivity index (χ1) is 19.7. The van der Waals surface area contributed by atoms with Gasteiger partial charge in [0.15, 0.2) is 0 Å². The van der Waals surface area contributed by atoms with Crippen molar-refractivity contribution in [1.29, 1.82) is 0 Å². The Kier molecular flexibility index (Phi) is 8.60. The highest BCUT2D eigenvalue weighted by molar-refractivity contribution is 5.41. The molecule has 0 amide bonds. The zero-order valence-corrected chi connectivity index (χ0v) is 24.4. The lowest BCUT2D eigenvalue weighted by Gasteiger charge is -2.54. The second-order valence-electron chi connectivity index (χ2n) is 12.7. The molecule has 0 heterocycles. The van der Waals surface area contributed by atoms with E-state index in [9.17, 15) is 0 Å². The van der Waals surface area contributed by atoms with Crippen LogP contribution in [0.4, 0.5) is 0 Å². The third kappa shape index (κ3) is 5.74. The fraction of sp³-hybridized carbons (Fsp3) is 0.514. The van der Waals surface area contributed by atoms with E-state index in [0.29, 0.717) is 24.5 Å². The Morgan fingerprint density at radius 1 is 0.825 bits per heavy atom. The summed E-state index contributed by atoms with van der Waals surface area (Å²) in [5, 5.41) is 0. The summed E-state index contributed by atoms with van der Waals surface area (Å²) in [6.45, 7) is 7.83. The van der Waals surface area contributed by atoms with Crippen LogP contribution in [0.3, 0.4) is 0 Å². The summed E-state index contributed by atoms with van der Waals surface area (Å²) >= 11 is 0. The Morgan fingerprint density at radius 2 is 1.57 bits per heavy atom. The molecule has 0 aliphatic heterocycles. The molecule has 3 heteroatoms. The average molecular weight is 539 g/mol. The summed E-state index contributed by atoms with van der Waals surface area (Å²) in [7, 11) is 0. The molecule has 0 saturated heterocycles. The molecule has 0 aromatic heterocycles. The Hall–Kier alpha value is -2.62. The zero-order valence-electron chi connectivity index (χ0n) is 24.4. The second kappa shape index (κ2) is 12.5. The maximum absolute atomic E-state index is 6.73. The van der Waals surface area contributed by atoms with Crippen LogP contribution in [-0.4, -0.2) is 19.3 Å². The van der Waals surface area contributed by atoms with E-state index in [1.54, 1.807) is 5.56 Å². The van der Waals surface area contributed by atoms with E-state index in [0.717, 1.165) is 56.7 Å². The summed E-state index contributed by atoms with van der Waals surface area (Å²) in [5.74, 6) is 3.69. The van der Waals surface area contributed by atoms with Gasteiger partial charge in [-0.05, 0) is 108 Å². The van der Waals surface area contributed by atoms with E-state index in [1.165, 1.54) is 42.4 Å². The molecular formula is C37H46O3. The van der Waals surface area contributed by atoms with Gasteiger partial charge in [-0.25, -0.2) is 0 Å². The maximum Gasteiger partial charge on any atom is 0.120 e. The molecule has 3 aliphatic carbocycles. The highest BCUT2D eigenvalue weighted by Gasteiger charge is 2.58. The van der Waals surface area contributed by atoms with Gasteiger partial charge in [0, 0.05) is 13.2 Å². The van der Waals surface area contributed by atoms with Crippen LogP contribution in [0.5, 0.6) is 5.75 Å². The Bertz CT molecular complexity index is 1220. The molecule has 1 unspecified atom stereocenters. The van der Waals surface area contributed by atoms with Gasteiger partial charge in [-0.1, -0.05) is 80.6 Å². The summed E-state index contributed by atoms with van der Waals surface area (Å²) in [6, 6.07) is 28.1. The summed E-state index contributed by atoms with van der Waals surface area (Å²) in [5.41, 5.74) is 5.82. The minimum atomic E-state index is 0.238. The maximum atomic E-state index is 6.73. The lowest BCUT2D eigenvalue weighted by Crippen LogP contribution is -2.48. The van der Waals surface area contributed by atoms with Crippen LogP contribution in [0.1, 0.15) is 80.5 Å². The van der Waals surface area contributed by atoms with Crippen molar-refractivity contribution in [3.05, 3.63) is 101 Å². The summed E-state index contributed by atoms with van der Waals surface area (Å²) in [6.07, 6.45) is 8.71. The summed E-state index contributed by atoms with van der Waals surface area (Å²) in [4.78, 5) is 0. The van der Waals surface area contributed by atoms with E-state index >= 15 is 0 Å². The number of fused-ring (bicyclic) bond motifs is 5. The number of benzene rings is 3. The third-order valence-corrected chi connectivity index (χ3v) is 10.3. The van der Waals surface area contributed by atoms with Gasteiger partial charge >= 0.3 is 0 Å². The van der Waals surface area contributed by atoms with E-state index in [2.05, 4.69) is 92.7 Å². The van der Waals surface area contributed by atoms with Crippen molar-refractivity contribution in [2.75, 3.05) is 13.2 Å². The van der Waals surface area contributed by atoms with Crippen molar-refractivity contribution in [3.8, 4) is 5.75 Å². The standard InChI is InChI=1S/C37H46O3/c1-3-21-38-22-20-30-24-37(2)34(18-19-35(37)40-26-28-12-8-5-9-13-28)33-16-14-29-23-31(15-17-32(29)36(30)33)39-25-27-10-6-4-7-11-27/h4-13,15,17,23,30,33-36H,3,14,16,18-22,24-26H2,1-2H3/t30-,33-,34-,35?,36+,37-/m0/s1. The molecule has 6 atom stereocenters. The van der Waals surface area contributed by atoms with Crippen molar-refractivity contribution in [2.24, 2.45) is 23.2 Å². The fourth-order valence-corrected chi connectivity index (χ4v) is 8.46. The fourth-order valence-electron chi connectivity index (χ4n) is 8.46. The molecule has 0 spiro atoms. The number of rotatable bonds is 11. The smallest absolute Gasteiger partial charge is 0.120 e. The van der Waals surface area contributed by atoms with Gasteiger partial charge < -0.3 is 14.2 Å². The molecule has 40 heavy (non-hydrogen) atoms. The largest absolute Gasteiger partial charge is 0.489 e. The lowest BCUT2D eigenvalue weighted by molar-refractivity contribution is -0.0899. The van der Waals surface area contributed by atoms with Gasteiger partial charge in [0.1, 0.15) is 12.4 Å². The molecule has 2 fully saturated rings. The van der Waals surface area contributed by atoms with Crippen molar-refractivity contribution in [1.82, 2.24) is 0 Å². The first-order valence-electron chi connectivity index (χ1n) is 15.7. The number of hydrogen-bond acceptors (Lipinski definition) is 3.